The lowest BCUT2D eigenvalue weighted by Crippen LogP contribution is -2.33. The van der Waals surface area contributed by atoms with E-state index in [-0.39, 0.29) is 5.92 Å². The summed E-state index contributed by atoms with van der Waals surface area (Å²) in [5.41, 5.74) is 0. The number of hydrogen-bond acceptors (Lipinski definition) is 4. The summed E-state index contributed by atoms with van der Waals surface area (Å²) in [5.74, 6) is -0.218. The second-order valence-electron chi connectivity index (χ2n) is 2.57. The van der Waals surface area contributed by atoms with E-state index < -0.39 is 12.2 Å². The molecule has 2 N–H and O–H groups in total. The molecule has 4 heteroatoms. The molecule has 1 aliphatic rings. The minimum atomic E-state index is -0.769. The summed E-state index contributed by atoms with van der Waals surface area (Å²) in [6, 6.07) is 0. The van der Waals surface area contributed by atoms with Gasteiger partial charge < -0.3 is 10.2 Å². The van der Waals surface area contributed by atoms with Crippen LogP contribution in [0.3, 0.4) is 0 Å². The molecule has 0 aromatic carbocycles. The Balaban J connectivity index is 2.46. The van der Waals surface area contributed by atoms with E-state index in [1.165, 1.54) is 12.4 Å². The second kappa shape index (κ2) is 3.59. The lowest BCUT2D eigenvalue weighted by atomic mass is 9.99. The first-order chi connectivity index (χ1) is 5.25. The van der Waals surface area contributed by atoms with Gasteiger partial charge in [0.05, 0.1) is 18.1 Å². The molecule has 1 rings (SSSR count). The molecule has 0 saturated heterocycles. The predicted molar refractivity (Wildman–Crippen MR) is 42.8 cm³/mol. The van der Waals surface area contributed by atoms with Gasteiger partial charge in [0.15, 0.2) is 0 Å². The molecule has 4 nitrogen and oxygen atoms in total. The summed E-state index contributed by atoms with van der Waals surface area (Å²) in [4.78, 5) is 0. The summed E-state index contributed by atoms with van der Waals surface area (Å²) in [6.07, 6.45) is 2.15. The van der Waals surface area contributed by atoms with Gasteiger partial charge >= 0.3 is 0 Å². The molecule has 1 aliphatic heterocycles. The van der Waals surface area contributed by atoms with Crippen molar-refractivity contribution in [2.75, 3.05) is 0 Å². The zero-order valence-corrected chi connectivity index (χ0v) is 6.38. The third-order valence-electron chi connectivity index (χ3n) is 1.75. The van der Waals surface area contributed by atoms with Crippen LogP contribution in [0.5, 0.6) is 0 Å². The smallest absolute Gasteiger partial charge is 0.0927 e. The standard InChI is InChI=1S/C7H12N2O2/c1-2-6(10)7(11)5-3-8-9-4-5/h3-7,10-11H,2H2,1H3/t6-,7+/m0/s1. The van der Waals surface area contributed by atoms with Gasteiger partial charge in [-0.2, -0.15) is 10.2 Å². The highest BCUT2D eigenvalue weighted by Gasteiger charge is 2.23. The summed E-state index contributed by atoms with van der Waals surface area (Å²) in [5, 5.41) is 25.8. The van der Waals surface area contributed by atoms with Gasteiger partial charge in [-0.15, -0.1) is 0 Å². The van der Waals surface area contributed by atoms with Crippen LogP contribution in [-0.2, 0) is 0 Å². The second-order valence-corrected chi connectivity index (χ2v) is 2.57. The highest BCUT2D eigenvalue weighted by molar-refractivity contribution is 5.87. The van der Waals surface area contributed by atoms with E-state index in [0.29, 0.717) is 6.42 Å². The Morgan fingerprint density at radius 3 is 2.36 bits per heavy atom. The van der Waals surface area contributed by atoms with Crippen molar-refractivity contribution in [2.45, 2.75) is 25.6 Å². The van der Waals surface area contributed by atoms with E-state index in [4.69, 9.17) is 0 Å². The number of aliphatic hydroxyl groups is 2. The molecule has 0 spiro atoms. The Morgan fingerprint density at radius 1 is 1.36 bits per heavy atom. The Labute approximate surface area is 65.3 Å². The summed E-state index contributed by atoms with van der Waals surface area (Å²) in [7, 11) is 0. The first kappa shape index (κ1) is 8.36. The fourth-order valence-corrected chi connectivity index (χ4v) is 0.944. The van der Waals surface area contributed by atoms with Crippen LogP contribution in [0.15, 0.2) is 10.2 Å². The van der Waals surface area contributed by atoms with Crippen LogP contribution in [0.1, 0.15) is 13.3 Å². The molecule has 0 unspecified atom stereocenters. The van der Waals surface area contributed by atoms with Crippen molar-refractivity contribution in [2.24, 2.45) is 16.1 Å². The molecule has 0 aromatic heterocycles. The molecular weight excluding hydrogens is 144 g/mol. The van der Waals surface area contributed by atoms with Crippen molar-refractivity contribution in [3.63, 3.8) is 0 Å². The summed E-state index contributed by atoms with van der Waals surface area (Å²) < 4.78 is 0. The maximum atomic E-state index is 9.38. The summed E-state index contributed by atoms with van der Waals surface area (Å²) in [6.45, 7) is 1.82. The SMILES string of the molecule is CC[C@H](O)[C@H](O)C1C=NN=C1. The Bertz CT molecular complexity index is 167. The van der Waals surface area contributed by atoms with Crippen molar-refractivity contribution in [3.8, 4) is 0 Å². The number of aliphatic hydroxyl groups excluding tert-OH is 2. The Kier molecular flexibility index (Phi) is 2.73. The maximum absolute atomic E-state index is 9.38. The molecule has 2 atom stereocenters. The third kappa shape index (κ3) is 1.85. The molecule has 0 aliphatic carbocycles. The lowest BCUT2D eigenvalue weighted by molar-refractivity contribution is 0.0123. The van der Waals surface area contributed by atoms with Crippen molar-refractivity contribution in [1.29, 1.82) is 0 Å². The van der Waals surface area contributed by atoms with Gasteiger partial charge in [0, 0.05) is 12.4 Å². The van der Waals surface area contributed by atoms with Gasteiger partial charge in [-0.25, -0.2) is 0 Å². The summed E-state index contributed by atoms with van der Waals surface area (Å²) >= 11 is 0. The van der Waals surface area contributed by atoms with Crippen molar-refractivity contribution in [1.82, 2.24) is 0 Å². The van der Waals surface area contributed by atoms with E-state index in [1.54, 1.807) is 0 Å². The molecular formula is C7H12N2O2. The van der Waals surface area contributed by atoms with Crippen LogP contribution in [0.4, 0.5) is 0 Å². The quantitative estimate of drug-likeness (QED) is 0.594. The maximum Gasteiger partial charge on any atom is 0.0927 e. The number of rotatable bonds is 3. The van der Waals surface area contributed by atoms with Crippen molar-refractivity contribution < 1.29 is 10.2 Å². The van der Waals surface area contributed by atoms with Crippen molar-refractivity contribution in [3.05, 3.63) is 0 Å². The van der Waals surface area contributed by atoms with Crippen LogP contribution in [0, 0.1) is 5.92 Å². The normalized spacial score (nSPS) is 22.5. The van der Waals surface area contributed by atoms with E-state index >= 15 is 0 Å². The molecule has 1 heterocycles. The highest BCUT2D eigenvalue weighted by atomic mass is 16.3. The average Bonchev–Trinajstić information content (AvgIpc) is 2.53. The van der Waals surface area contributed by atoms with E-state index in [9.17, 15) is 10.2 Å². The molecule has 11 heavy (non-hydrogen) atoms. The first-order valence-electron chi connectivity index (χ1n) is 3.68. The highest BCUT2D eigenvalue weighted by Crippen LogP contribution is 2.09. The molecule has 0 fully saturated rings. The van der Waals surface area contributed by atoms with Gasteiger partial charge in [-0.3, -0.25) is 0 Å². The predicted octanol–water partition coefficient (Wildman–Crippen LogP) is -0.195. The number of nitrogens with zero attached hydrogens (tertiary/aromatic N) is 2. The van der Waals surface area contributed by atoms with Crippen LogP contribution in [0.2, 0.25) is 0 Å². The van der Waals surface area contributed by atoms with Crippen molar-refractivity contribution >= 4 is 12.4 Å². The molecule has 0 aromatic rings. The van der Waals surface area contributed by atoms with Gasteiger partial charge in [0.1, 0.15) is 0 Å². The molecule has 0 saturated carbocycles. The topological polar surface area (TPSA) is 65.2 Å². The molecule has 0 radical (unpaired) electrons. The minimum absolute atomic E-state index is 0.218. The van der Waals surface area contributed by atoms with Crippen LogP contribution < -0.4 is 0 Å². The average molecular weight is 156 g/mol. The monoisotopic (exact) mass is 156 g/mol. The van der Waals surface area contributed by atoms with Gasteiger partial charge in [-0.05, 0) is 6.42 Å². The van der Waals surface area contributed by atoms with Crippen LogP contribution in [0.25, 0.3) is 0 Å². The van der Waals surface area contributed by atoms with Gasteiger partial charge in [-0.1, -0.05) is 6.92 Å². The zero-order valence-electron chi connectivity index (χ0n) is 6.38. The van der Waals surface area contributed by atoms with E-state index in [1.807, 2.05) is 6.92 Å². The zero-order chi connectivity index (χ0) is 8.27. The van der Waals surface area contributed by atoms with Gasteiger partial charge in [0.25, 0.3) is 0 Å². The Hall–Kier alpha value is -0.740. The van der Waals surface area contributed by atoms with Crippen LogP contribution >= 0.6 is 0 Å². The largest absolute Gasteiger partial charge is 0.390 e. The third-order valence-corrected chi connectivity index (χ3v) is 1.75. The van der Waals surface area contributed by atoms with E-state index in [2.05, 4.69) is 10.2 Å². The molecule has 0 amide bonds. The first-order valence-corrected chi connectivity index (χ1v) is 3.68. The Morgan fingerprint density at radius 2 is 1.91 bits per heavy atom. The molecule has 62 valence electrons. The lowest BCUT2D eigenvalue weighted by Gasteiger charge is -2.17. The molecule has 0 bridgehead atoms. The van der Waals surface area contributed by atoms with Gasteiger partial charge in [0.2, 0.25) is 0 Å². The van der Waals surface area contributed by atoms with E-state index in [0.717, 1.165) is 0 Å². The minimum Gasteiger partial charge on any atom is -0.390 e. The van der Waals surface area contributed by atoms with Crippen LogP contribution in [-0.4, -0.2) is 34.9 Å². The fraction of sp³-hybridized carbons (Fsp3) is 0.714. The fourth-order valence-electron chi connectivity index (χ4n) is 0.944. The number of hydrogen-bond donors (Lipinski definition) is 2.